The second-order valence-electron chi connectivity index (χ2n) is 7.34. The van der Waals surface area contributed by atoms with Crippen molar-refractivity contribution >= 4 is 41.3 Å². The monoisotopic (exact) mass is 527 g/mol. The summed E-state index contributed by atoms with van der Waals surface area (Å²) < 4.78 is 0. The lowest BCUT2D eigenvalue weighted by atomic mass is 10.00. The predicted molar refractivity (Wildman–Crippen MR) is 135 cm³/mol. The van der Waals surface area contributed by atoms with Crippen molar-refractivity contribution in [2.45, 2.75) is 46.6 Å². The maximum atomic E-state index is 4.75. The molecule has 7 heteroatoms. The minimum absolute atomic E-state index is 0. The molecular weight excluding hydrogens is 493 g/mol. The van der Waals surface area contributed by atoms with Crippen LogP contribution in [0.1, 0.15) is 40.1 Å². The third kappa shape index (κ3) is 7.53. The zero-order valence-electron chi connectivity index (χ0n) is 17.8. The second-order valence-corrected chi connectivity index (χ2v) is 8.62. The first kappa shape index (κ1) is 24.1. The van der Waals surface area contributed by atoms with Crippen LogP contribution in [0.25, 0.3) is 0 Å². The largest absolute Gasteiger partial charge is 0.357 e. The highest BCUT2D eigenvalue weighted by molar-refractivity contribution is 14.0. The van der Waals surface area contributed by atoms with Gasteiger partial charge in [-0.25, -0.2) is 4.98 Å². The van der Waals surface area contributed by atoms with Gasteiger partial charge in [0, 0.05) is 50.6 Å². The number of thiazole rings is 1. The average Bonchev–Trinajstić information content (AvgIpc) is 3.02. The van der Waals surface area contributed by atoms with Crippen LogP contribution < -0.4 is 10.6 Å². The van der Waals surface area contributed by atoms with E-state index in [4.69, 9.17) is 4.99 Å². The van der Waals surface area contributed by atoms with Gasteiger partial charge in [-0.1, -0.05) is 24.3 Å². The van der Waals surface area contributed by atoms with Crippen molar-refractivity contribution in [3.8, 4) is 0 Å². The van der Waals surface area contributed by atoms with E-state index < -0.39 is 0 Å². The van der Waals surface area contributed by atoms with Gasteiger partial charge >= 0.3 is 0 Å². The van der Waals surface area contributed by atoms with Crippen LogP contribution in [-0.2, 0) is 19.4 Å². The van der Waals surface area contributed by atoms with Crippen LogP contribution in [0.3, 0.4) is 0 Å². The predicted octanol–water partition coefficient (Wildman–Crippen LogP) is 3.92. The summed E-state index contributed by atoms with van der Waals surface area (Å²) in [5, 5.41) is 7.98. The fourth-order valence-electron chi connectivity index (χ4n) is 3.51. The minimum Gasteiger partial charge on any atom is -0.357 e. The summed E-state index contributed by atoms with van der Waals surface area (Å²) in [6, 6.07) is 8.82. The molecule has 0 saturated carbocycles. The number of nitrogens with one attached hydrogen (secondary N) is 2. The van der Waals surface area contributed by atoms with Crippen LogP contribution in [0.5, 0.6) is 0 Å². The molecule has 0 bridgehead atoms. The number of aryl methyl sites for hydroxylation is 2. The number of hydrogen-bond acceptors (Lipinski definition) is 4. The van der Waals surface area contributed by atoms with Crippen LogP contribution in [0.2, 0.25) is 0 Å². The van der Waals surface area contributed by atoms with Gasteiger partial charge in [-0.15, -0.1) is 35.3 Å². The molecule has 0 radical (unpaired) electrons. The lowest BCUT2D eigenvalue weighted by Crippen LogP contribution is -2.38. The molecule has 0 saturated heterocycles. The van der Waals surface area contributed by atoms with Gasteiger partial charge in [-0.3, -0.25) is 9.89 Å². The maximum absolute atomic E-state index is 4.75. The van der Waals surface area contributed by atoms with E-state index in [1.54, 1.807) is 11.3 Å². The van der Waals surface area contributed by atoms with Gasteiger partial charge < -0.3 is 10.6 Å². The number of rotatable bonds is 8. The van der Waals surface area contributed by atoms with Gasteiger partial charge in [0.1, 0.15) is 0 Å². The molecule has 2 aromatic rings. The van der Waals surface area contributed by atoms with Gasteiger partial charge in [0.25, 0.3) is 0 Å². The molecule has 29 heavy (non-hydrogen) atoms. The van der Waals surface area contributed by atoms with E-state index in [2.05, 4.69) is 65.6 Å². The summed E-state index contributed by atoms with van der Waals surface area (Å²) in [4.78, 5) is 13.2. The molecule has 0 aliphatic carbocycles. The van der Waals surface area contributed by atoms with Crippen molar-refractivity contribution in [1.82, 2.24) is 20.5 Å². The van der Waals surface area contributed by atoms with Crippen molar-refractivity contribution < 1.29 is 0 Å². The molecule has 0 fully saturated rings. The third-order valence-electron chi connectivity index (χ3n) is 5.16. The van der Waals surface area contributed by atoms with Gasteiger partial charge in [0.2, 0.25) is 0 Å². The Morgan fingerprint density at radius 3 is 2.72 bits per heavy atom. The number of guanidine groups is 1. The van der Waals surface area contributed by atoms with Gasteiger partial charge in [0.15, 0.2) is 5.96 Å². The van der Waals surface area contributed by atoms with Crippen LogP contribution in [-0.4, -0.2) is 48.6 Å². The molecule has 1 aliphatic heterocycles. The Labute approximate surface area is 196 Å². The van der Waals surface area contributed by atoms with E-state index in [0.717, 1.165) is 63.8 Å². The number of benzene rings is 1. The Hall–Kier alpha value is -1.19. The average molecular weight is 528 g/mol. The van der Waals surface area contributed by atoms with Gasteiger partial charge in [-0.05, 0) is 44.7 Å². The summed E-state index contributed by atoms with van der Waals surface area (Å²) >= 11 is 1.79. The lowest BCUT2D eigenvalue weighted by Gasteiger charge is -2.28. The van der Waals surface area contributed by atoms with Crippen molar-refractivity contribution in [3.63, 3.8) is 0 Å². The quantitative estimate of drug-likeness (QED) is 0.237. The van der Waals surface area contributed by atoms with Crippen LogP contribution in [0, 0.1) is 13.8 Å². The van der Waals surface area contributed by atoms with E-state index in [9.17, 15) is 0 Å². The van der Waals surface area contributed by atoms with Crippen LogP contribution >= 0.6 is 35.3 Å². The maximum Gasteiger partial charge on any atom is 0.191 e. The van der Waals surface area contributed by atoms with Crippen molar-refractivity contribution in [2.24, 2.45) is 4.99 Å². The summed E-state index contributed by atoms with van der Waals surface area (Å²) in [5.74, 6) is 0.913. The minimum atomic E-state index is 0. The second kappa shape index (κ2) is 12.5. The Morgan fingerprint density at radius 2 is 2.00 bits per heavy atom. The molecule has 2 heterocycles. The first-order valence-electron chi connectivity index (χ1n) is 10.4. The summed E-state index contributed by atoms with van der Waals surface area (Å²) in [5.41, 5.74) is 4.15. The van der Waals surface area contributed by atoms with Gasteiger partial charge in [0.05, 0.1) is 10.7 Å². The highest BCUT2D eigenvalue weighted by atomic mass is 127. The van der Waals surface area contributed by atoms with Crippen LogP contribution in [0.15, 0.2) is 29.3 Å². The smallest absolute Gasteiger partial charge is 0.191 e. The van der Waals surface area contributed by atoms with E-state index >= 15 is 0 Å². The van der Waals surface area contributed by atoms with E-state index in [1.165, 1.54) is 27.4 Å². The Bertz CT molecular complexity index is 770. The lowest BCUT2D eigenvalue weighted by molar-refractivity contribution is 0.252. The van der Waals surface area contributed by atoms with Crippen molar-refractivity contribution in [1.29, 1.82) is 0 Å². The molecule has 1 aliphatic rings. The fraction of sp³-hybridized carbons (Fsp3) is 0.545. The topological polar surface area (TPSA) is 52.6 Å². The normalized spacial score (nSPS) is 14.2. The zero-order chi connectivity index (χ0) is 19.8. The number of fused-ring (bicyclic) bond motifs is 1. The molecule has 1 aromatic heterocycles. The standard InChI is InChI=1S/C22H33N5S.HI/c1-4-23-22(25-13-10-21-26-17(2)18(3)28-21)24-12-7-14-27-15-11-19-8-5-6-9-20(19)16-27;/h5-6,8-9H,4,7,10-16H2,1-3H3,(H2,23,24,25);1H. The van der Waals surface area contributed by atoms with E-state index in [1.807, 2.05) is 0 Å². The zero-order valence-corrected chi connectivity index (χ0v) is 21.0. The number of nitrogens with zero attached hydrogens (tertiary/aromatic N) is 3. The van der Waals surface area contributed by atoms with E-state index in [0.29, 0.717) is 0 Å². The SMILES string of the molecule is CCNC(=NCCCN1CCc2ccccc2C1)NCCc1nc(C)c(C)s1.I. The molecule has 160 valence electrons. The molecule has 0 spiro atoms. The summed E-state index contributed by atoms with van der Waals surface area (Å²) in [6.07, 6.45) is 3.19. The van der Waals surface area contributed by atoms with E-state index in [-0.39, 0.29) is 24.0 Å². The fourth-order valence-corrected chi connectivity index (χ4v) is 4.44. The molecule has 5 nitrogen and oxygen atoms in total. The third-order valence-corrected chi connectivity index (χ3v) is 6.29. The summed E-state index contributed by atoms with van der Waals surface area (Å²) in [6.45, 7) is 12.3. The Kier molecular flexibility index (Phi) is 10.4. The molecule has 2 N–H and O–H groups in total. The Morgan fingerprint density at radius 1 is 1.21 bits per heavy atom. The molecule has 0 unspecified atom stereocenters. The molecule has 0 atom stereocenters. The number of halogens is 1. The molecule has 3 rings (SSSR count). The van der Waals surface area contributed by atoms with Crippen molar-refractivity contribution in [3.05, 3.63) is 51.0 Å². The Balaban J connectivity index is 0.00000300. The number of aromatic nitrogens is 1. The first-order chi connectivity index (χ1) is 13.7. The molecule has 1 aromatic carbocycles. The van der Waals surface area contributed by atoms with Gasteiger partial charge in [-0.2, -0.15) is 0 Å². The number of aliphatic imine (C=N–C) groups is 1. The highest BCUT2D eigenvalue weighted by Gasteiger charge is 2.14. The van der Waals surface area contributed by atoms with Crippen LogP contribution in [0.4, 0.5) is 0 Å². The highest BCUT2D eigenvalue weighted by Crippen LogP contribution is 2.18. The molecule has 0 amide bonds. The number of hydrogen-bond donors (Lipinski definition) is 2. The summed E-state index contributed by atoms with van der Waals surface area (Å²) in [7, 11) is 0. The van der Waals surface area contributed by atoms with Crippen molar-refractivity contribution in [2.75, 3.05) is 32.7 Å². The molecular formula is C22H34IN5S. The first-order valence-corrected chi connectivity index (χ1v) is 11.2.